The fraction of sp³-hybridized carbons (Fsp3) is 0.174. The summed E-state index contributed by atoms with van der Waals surface area (Å²) in [6, 6.07) is 51.9. The van der Waals surface area contributed by atoms with Gasteiger partial charge in [0.2, 0.25) is 0 Å². The van der Waals surface area contributed by atoms with Gasteiger partial charge in [-0.2, -0.15) is 0 Å². The number of hydrogen-bond donors (Lipinski definition) is 2. The molecule has 0 amide bonds. The van der Waals surface area contributed by atoms with Crippen molar-refractivity contribution in [2.24, 2.45) is 9.98 Å². The van der Waals surface area contributed by atoms with E-state index in [9.17, 15) is 10.2 Å². The van der Waals surface area contributed by atoms with E-state index in [4.69, 9.17) is 9.98 Å². The van der Waals surface area contributed by atoms with Crippen LogP contribution in [0.15, 0.2) is 168 Å². The number of hydrogen-bond acceptors (Lipinski definition) is 4. The van der Waals surface area contributed by atoms with Crippen molar-refractivity contribution in [1.29, 1.82) is 0 Å². The molecule has 6 aromatic rings. The second-order valence-corrected chi connectivity index (χ2v) is 12.6. The third kappa shape index (κ3) is 8.74. The van der Waals surface area contributed by atoms with E-state index in [0.29, 0.717) is 11.1 Å². The predicted molar refractivity (Wildman–Crippen MR) is 207 cm³/mol. The normalized spacial score (nSPS) is 13.8. The molecule has 5 heteroatoms. The molecular formula is C46H44CoN2O2. The summed E-state index contributed by atoms with van der Waals surface area (Å²) in [5, 5.41) is 23.2. The average Bonchev–Trinajstić information content (AvgIpc) is 3.17. The molecule has 0 bridgehead atoms. The van der Waals surface area contributed by atoms with Crippen LogP contribution in [0.2, 0.25) is 0 Å². The Morgan fingerprint density at radius 3 is 1.06 bits per heavy atom. The van der Waals surface area contributed by atoms with Crippen LogP contribution in [-0.4, -0.2) is 22.6 Å². The van der Waals surface area contributed by atoms with Gasteiger partial charge >= 0.3 is 0 Å². The van der Waals surface area contributed by atoms with Crippen molar-refractivity contribution in [2.75, 3.05) is 0 Å². The Kier molecular flexibility index (Phi) is 13.2. The van der Waals surface area contributed by atoms with Gasteiger partial charge in [0.25, 0.3) is 0 Å². The molecule has 2 N–H and O–H groups in total. The molecule has 0 aliphatic heterocycles. The van der Waals surface area contributed by atoms with Gasteiger partial charge in [0.05, 0.1) is 0 Å². The van der Waals surface area contributed by atoms with Crippen LogP contribution in [0.3, 0.4) is 0 Å². The van der Waals surface area contributed by atoms with Crippen LogP contribution in [0.4, 0.5) is 0 Å². The maximum atomic E-state index is 11.6. The van der Waals surface area contributed by atoms with Gasteiger partial charge in [-0.3, -0.25) is 9.98 Å². The summed E-state index contributed by atoms with van der Waals surface area (Å²) in [6.45, 7) is 4.28. The van der Waals surface area contributed by atoms with Crippen molar-refractivity contribution in [3.63, 3.8) is 0 Å². The van der Waals surface area contributed by atoms with Gasteiger partial charge in [-0.05, 0) is 47.2 Å². The maximum Gasteiger partial charge on any atom is 0.128 e. The molecule has 1 radical (unpaired) electrons. The largest absolute Gasteiger partial charge is 0.507 e. The van der Waals surface area contributed by atoms with E-state index in [-0.39, 0.29) is 40.1 Å². The third-order valence-electron chi connectivity index (χ3n) is 9.50. The number of rotatable bonds is 13. The minimum absolute atomic E-state index is 0. The quantitative estimate of drug-likeness (QED) is 0.117. The van der Waals surface area contributed by atoms with Gasteiger partial charge in [-0.1, -0.05) is 159 Å². The van der Waals surface area contributed by atoms with E-state index in [2.05, 4.69) is 62.4 Å². The molecule has 0 aliphatic carbocycles. The summed E-state index contributed by atoms with van der Waals surface area (Å²) in [7, 11) is 0. The van der Waals surface area contributed by atoms with Gasteiger partial charge in [0, 0.05) is 63.3 Å². The van der Waals surface area contributed by atoms with Crippen molar-refractivity contribution in [1.82, 2.24) is 0 Å². The molecule has 4 nitrogen and oxygen atoms in total. The Bertz CT molecular complexity index is 1870. The molecule has 6 aromatic carbocycles. The molecule has 0 aliphatic rings. The van der Waals surface area contributed by atoms with Crippen LogP contribution in [0, 0.1) is 0 Å². The van der Waals surface area contributed by atoms with Gasteiger partial charge in [-0.25, -0.2) is 0 Å². The fourth-order valence-corrected chi connectivity index (χ4v) is 6.89. The molecule has 0 fully saturated rings. The van der Waals surface area contributed by atoms with E-state index < -0.39 is 12.1 Å². The molecule has 0 spiro atoms. The monoisotopic (exact) mass is 715 g/mol. The summed E-state index contributed by atoms with van der Waals surface area (Å²) in [5.41, 5.74) is 7.41. The first-order valence-electron chi connectivity index (χ1n) is 17.5. The molecule has 6 rings (SSSR count). The fourth-order valence-electron chi connectivity index (χ4n) is 6.89. The SMILES string of the molecule is CC[C@@H](c1ccccc1)c1cccc(C=N[C@@H](c2ccccc2)[C@@H](N=Cc2cccc([C@@H](CC)c3ccccc3)c2O)c2ccccc2)c1O.[Co]. The Labute approximate surface area is 312 Å². The summed E-state index contributed by atoms with van der Waals surface area (Å²) < 4.78 is 0. The van der Waals surface area contributed by atoms with Gasteiger partial charge in [0.1, 0.15) is 23.6 Å². The standard InChI is InChI=1S/C46H44N2O2.Co/c1-3-39(33-19-9-5-10-20-33)41-29-17-27-37(45(41)49)31-47-43(35-23-13-7-14-24-35)44(36-25-15-8-16-26-36)48-32-38-28-18-30-42(46(38)50)40(4-2)34-21-11-6-12-22-34;/h5-32,39-40,43-44,49-50H,3-4H2,1-2H3;/t39-,40-,43-,44-;/m0./s1. The molecule has 0 saturated carbocycles. The number of aromatic hydroxyl groups is 2. The zero-order valence-electron chi connectivity index (χ0n) is 29.0. The first-order chi connectivity index (χ1) is 24.6. The van der Waals surface area contributed by atoms with Gasteiger partial charge < -0.3 is 10.2 Å². The predicted octanol–water partition coefficient (Wildman–Crippen LogP) is 11.2. The van der Waals surface area contributed by atoms with Crippen LogP contribution in [0.25, 0.3) is 0 Å². The number of benzene rings is 6. The molecule has 0 aromatic heterocycles. The zero-order valence-corrected chi connectivity index (χ0v) is 30.1. The molecule has 259 valence electrons. The van der Waals surface area contributed by atoms with Crippen LogP contribution < -0.4 is 0 Å². The van der Waals surface area contributed by atoms with E-state index in [1.54, 1.807) is 12.4 Å². The van der Waals surface area contributed by atoms with Crippen molar-refractivity contribution < 1.29 is 27.0 Å². The number of para-hydroxylation sites is 2. The average molecular weight is 716 g/mol. The Morgan fingerprint density at radius 1 is 0.431 bits per heavy atom. The smallest absolute Gasteiger partial charge is 0.128 e. The first-order valence-corrected chi connectivity index (χ1v) is 17.5. The van der Waals surface area contributed by atoms with E-state index >= 15 is 0 Å². The molecule has 4 atom stereocenters. The third-order valence-corrected chi connectivity index (χ3v) is 9.50. The van der Waals surface area contributed by atoms with Crippen molar-refractivity contribution in [2.45, 2.75) is 50.6 Å². The van der Waals surface area contributed by atoms with Crippen LogP contribution >= 0.6 is 0 Å². The van der Waals surface area contributed by atoms with E-state index in [1.807, 2.05) is 109 Å². The molecule has 0 heterocycles. The van der Waals surface area contributed by atoms with Crippen molar-refractivity contribution >= 4 is 12.4 Å². The minimum atomic E-state index is -0.410. The van der Waals surface area contributed by atoms with Crippen molar-refractivity contribution in [3.05, 3.63) is 202 Å². The van der Waals surface area contributed by atoms with E-state index in [0.717, 1.165) is 35.1 Å². The Morgan fingerprint density at radius 2 is 0.745 bits per heavy atom. The van der Waals surface area contributed by atoms with Gasteiger partial charge in [0.15, 0.2) is 0 Å². The number of nitrogens with zero attached hydrogens (tertiary/aromatic N) is 2. The van der Waals surface area contributed by atoms with Crippen LogP contribution in [-0.2, 0) is 16.8 Å². The number of phenolic OH excluding ortho intramolecular Hbond substituents is 2. The Hall–Kier alpha value is -5.23. The molecule has 0 saturated heterocycles. The van der Waals surface area contributed by atoms with E-state index in [1.165, 1.54) is 11.1 Å². The number of aliphatic imine (C=N–C) groups is 2. The maximum absolute atomic E-state index is 11.6. The van der Waals surface area contributed by atoms with Crippen LogP contribution in [0.1, 0.15) is 95.1 Å². The Balaban J connectivity index is 0.00000504. The summed E-state index contributed by atoms with van der Waals surface area (Å²) in [4.78, 5) is 10.3. The minimum Gasteiger partial charge on any atom is -0.507 e. The topological polar surface area (TPSA) is 65.2 Å². The van der Waals surface area contributed by atoms with Gasteiger partial charge in [-0.15, -0.1) is 0 Å². The summed E-state index contributed by atoms with van der Waals surface area (Å²) in [5.74, 6) is 0.607. The number of phenols is 2. The molecular weight excluding hydrogens is 671 g/mol. The van der Waals surface area contributed by atoms with Crippen LogP contribution in [0.5, 0.6) is 11.5 Å². The zero-order chi connectivity index (χ0) is 34.7. The van der Waals surface area contributed by atoms with Crippen molar-refractivity contribution in [3.8, 4) is 11.5 Å². The summed E-state index contributed by atoms with van der Waals surface area (Å²) >= 11 is 0. The molecule has 51 heavy (non-hydrogen) atoms. The molecule has 0 unspecified atom stereocenters. The first kappa shape index (κ1) is 37.0. The second-order valence-electron chi connectivity index (χ2n) is 12.6. The summed E-state index contributed by atoms with van der Waals surface area (Å²) in [6.07, 6.45) is 5.27. The second kappa shape index (κ2) is 18.1.